The molecule has 0 atom stereocenters. The van der Waals surface area contributed by atoms with Gasteiger partial charge < -0.3 is 14.5 Å². The van der Waals surface area contributed by atoms with E-state index in [0.29, 0.717) is 0 Å². The summed E-state index contributed by atoms with van der Waals surface area (Å²) in [7, 11) is 1.50. The van der Waals surface area contributed by atoms with Crippen molar-refractivity contribution in [3.05, 3.63) is 53.9 Å². The van der Waals surface area contributed by atoms with Gasteiger partial charge in [0.25, 0.3) is 0 Å². The fraction of sp³-hybridized carbons (Fsp3) is 0.222. The van der Waals surface area contributed by atoms with Gasteiger partial charge in [0.1, 0.15) is 12.3 Å². The molecule has 3 rings (SSSR count). The molecule has 0 aliphatic carbocycles. The Kier molecular flexibility index (Phi) is 4.12. The standard InChI is InChI=1S/C18H19N3O2/c1-12-6-7-21-10-16(19-17(21)8-12)14-5-4-13(2)15(9-14)20-18(22)11-23-3/h4-10H,11H2,1-3H3,(H,20,22). The minimum absolute atomic E-state index is 0.0390. The Morgan fingerprint density at radius 1 is 1.26 bits per heavy atom. The molecule has 118 valence electrons. The van der Waals surface area contributed by atoms with Crippen molar-refractivity contribution in [2.24, 2.45) is 0 Å². The second-order valence-corrected chi connectivity index (χ2v) is 5.61. The maximum atomic E-state index is 11.7. The van der Waals surface area contributed by atoms with Gasteiger partial charge in [-0.3, -0.25) is 4.79 Å². The molecular formula is C18H19N3O2. The molecule has 5 heteroatoms. The summed E-state index contributed by atoms with van der Waals surface area (Å²) < 4.78 is 6.85. The van der Waals surface area contributed by atoms with Gasteiger partial charge in [-0.1, -0.05) is 12.1 Å². The number of carbonyl (C=O) groups is 1. The molecule has 0 bridgehead atoms. The summed E-state index contributed by atoms with van der Waals surface area (Å²) in [5, 5.41) is 2.87. The fourth-order valence-electron chi connectivity index (χ4n) is 2.46. The largest absolute Gasteiger partial charge is 0.375 e. The predicted molar refractivity (Wildman–Crippen MR) is 90.6 cm³/mol. The number of methoxy groups -OCH3 is 1. The van der Waals surface area contributed by atoms with Gasteiger partial charge >= 0.3 is 0 Å². The van der Waals surface area contributed by atoms with E-state index >= 15 is 0 Å². The lowest BCUT2D eigenvalue weighted by molar-refractivity contribution is -0.119. The number of amides is 1. The highest BCUT2D eigenvalue weighted by Crippen LogP contribution is 2.25. The Hall–Kier alpha value is -2.66. The van der Waals surface area contributed by atoms with Gasteiger partial charge in [-0.05, 0) is 43.2 Å². The summed E-state index contributed by atoms with van der Waals surface area (Å²) in [6.45, 7) is 4.04. The molecule has 2 heterocycles. The van der Waals surface area contributed by atoms with Crippen LogP contribution < -0.4 is 5.32 Å². The van der Waals surface area contributed by atoms with Crippen molar-refractivity contribution in [2.75, 3.05) is 19.0 Å². The quantitative estimate of drug-likeness (QED) is 0.805. The van der Waals surface area contributed by atoms with Crippen LogP contribution in [0.4, 0.5) is 5.69 Å². The number of nitrogens with zero attached hydrogens (tertiary/aromatic N) is 2. The predicted octanol–water partition coefficient (Wildman–Crippen LogP) is 3.20. The van der Waals surface area contributed by atoms with Crippen LogP contribution in [0.15, 0.2) is 42.7 Å². The van der Waals surface area contributed by atoms with Crippen molar-refractivity contribution < 1.29 is 9.53 Å². The zero-order valence-corrected chi connectivity index (χ0v) is 13.5. The number of carbonyl (C=O) groups excluding carboxylic acids is 1. The van der Waals surface area contributed by atoms with Crippen LogP contribution in [0.1, 0.15) is 11.1 Å². The molecule has 0 unspecified atom stereocenters. The van der Waals surface area contributed by atoms with Gasteiger partial charge in [0.15, 0.2) is 0 Å². The van der Waals surface area contributed by atoms with Crippen molar-refractivity contribution in [3.8, 4) is 11.3 Å². The Morgan fingerprint density at radius 3 is 2.87 bits per heavy atom. The van der Waals surface area contributed by atoms with Crippen LogP contribution in [0.5, 0.6) is 0 Å². The lowest BCUT2D eigenvalue weighted by Crippen LogP contribution is -2.17. The van der Waals surface area contributed by atoms with E-state index < -0.39 is 0 Å². The van der Waals surface area contributed by atoms with Gasteiger partial charge in [0.05, 0.1) is 5.69 Å². The smallest absolute Gasteiger partial charge is 0.250 e. The van der Waals surface area contributed by atoms with Crippen LogP contribution in [0.2, 0.25) is 0 Å². The lowest BCUT2D eigenvalue weighted by Gasteiger charge is -2.09. The summed E-state index contributed by atoms with van der Waals surface area (Å²) in [6.07, 6.45) is 3.98. The molecule has 0 spiro atoms. The monoisotopic (exact) mass is 309 g/mol. The van der Waals surface area contributed by atoms with E-state index in [0.717, 1.165) is 28.2 Å². The minimum Gasteiger partial charge on any atom is -0.375 e. The number of ether oxygens (including phenoxy) is 1. The first-order valence-electron chi connectivity index (χ1n) is 7.42. The molecule has 0 radical (unpaired) electrons. The molecule has 23 heavy (non-hydrogen) atoms. The summed E-state index contributed by atoms with van der Waals surface area (Å²) in [6, 6.07) is 10.0. The Bertz CT molecular complexity index is 868. The molecule has 5 nitrogen and oxygen atoms in total. The zero-order chi connectivity index (χ0) is 16.4. The molecule has 1 aromatic carbocycles. The van der Waals surface area contributed by atoms with Crippen LogP contribution >= 0.6 is 0 Å². The molecule has 0 aliphatic heterocycles. The number of imidazole rings is 1. The van der Waals surface area contributed by atoms with Crippen molar-refractivity contribution in [1.29, 1.82) is 0 Å². The third-order valence-corrected chi connectivity index (χ3v) is 3.70. The van der Waals surface area contributed by atoms with Crippen LogP contribution in [-0.4, -0.2) is 29.0 Å². The number of rotatable bonds is 4. The van der Waals surface area contributed by atoms with E-state index in [4.69, 9.17) is 4.74 Å². The number of aryl methyl sites for hydroxylation is 2. The number of pyridine rings is 1. The fourth-order valence-corrected chi connectivity index (χ4v) is 2.46. The normalized spacial score (nSPS) is 10.9. The van der Waals surface area contributed by atoms with Crippen molar-refractivity contribution in [1.82, 2.24) is 9.38 Å². The Labute approximate surface area is 134 Å². The van der Waals surface area contributed by atoms with Gasteiger partial charge in [-0.2, -0.15) is 0 Å². The van der Waals surface area contributed by atoms with E-state index in [2.05, 4.69) is 10.3 Å². The first-order valence-corrected chi connectivity index (χ1v) is 7.42. The number of aromatic nitrogens is 2. The number of anilines is 1. The van der Waals surface area contributed by atoms with Gasteiger partial charge in [0.2, 0.25) is 5.91 Å². The first kappa shape index (κ1) is 15.2. The number of hydrogen-bond acceptors (Lipinski definition) is 3. The second kappa shape index (κ2) is 6.22. The second-order valence-electron chi connectivity index (χ2n) is 5.61. The molecule has 2 aromatic heterocycles. The molecule has 3 aromatic rings. The van der Waals surface area contributed by atoms with Gasteiger partial charge in [0, 0.05) is 30.8 Å². The van der Waals surface area contributed by atoms with Gasteiger partial charge in [-0.25, -0.2) is 4.98 Å². The topological polar surface area (TPSA) is 55.6 Å². The zero-order valence-electron chi connectivity index (χ0n) is 13.5. The highest BCUT2D eigenvalue weighted by atomic mass is 16.5. The summed E-state index contributed by atoms with van der Waals surface area (Å²) >= 11 is 0. The average molecular weight is 309 g/mol. The third kappa shape index (κ3) is 3.24. The third-order valence-electron chi connectivity index (χ3n) is 3.70. The number of hydrogen-bond donors (Lipinski definition) is 1. The van der Waals surface area contributed by atoms with Crippen LogP contribution in [0.3, 0.4) is 0 Å². The van der Waals surface area contributed by atoms with Crippen LogP contribution in [0.25, 0.3) is 16.9 Å². The average Bonchev–Trinajstić information content (AvgIpc) is 2.92. The summed E-state index contributed by atoms with van der Waals surface area (Å²) in [4.78, 5) is 16.4. The van der Waals surface area contributed by atoms with Crippen molar-refractivity contribution in [2.45, 2.75) is 13.8 Å². The van der Waals surface area contributed by atoms with Crippen molar-refractivity contribution in [3.63, 3.8) is 0 Å². The van der Waals surface area contributed by atoms with E-state index in [1.165, 1.54) is 12.7 Å². The van der Waals surface area contributed by atoms with Crippen molar-refractivity contribution >= 4 is 17.2 Å². The maximum Gasteiger partial charge on any atom is 0.250 e. The Balaban J connectivity index is 1.96. The highest BCUT2D eigenvalue weighted by molar-refractivity contribution is 5.93. The first-order chi connectivity index (χ1) is 11.1. The lowest BCUT2D eigenvalue weighted by atomic mass is 10.1. The highest BCUT2D eigenvalue weighted by Gasteiger charge is 2.09. The molecule has 0 aliphatic rings. The SMILES string of the molecule is COCC(=O)Nc1cc(-c2cn3ccc(C)cc3n2)ccc1C. The number of fused-ring (bicyclic) bond motifs is 1. The maximum absolute atomic E-state index is 11.7. The molecular weight excluding hydrogens is 290 g/mol. The number of nitrogens with one attached hydrogen (secondary N) is 1. The molecule has 1 N–H and O–H groups in total. The van der Waals surface area contributed by atoms with Crippen LogP contribution in [0, 0.1) is 13.8 Å². The number of benzene rings is 1. The van der Waals surface area contributed by atoms with E-state index in [1.54, 1.807) is 0 Å². The minimum atomic E-state index is -0.168. The summed E-state index contributed by atoms with van der Waals surface area (Å²) in [5.41, 5.74) is 5.69. The van der Waals surface area contributed by atoms with E-state index in [1.807, 2.05) is 61.0 Å². The molecule has 0 saturated heterocycles. The molecule has 0 fully saturated rings. The molecule has 0 saturated carbocycles. The Morgan fingerprint density at radius 2 is 2.09 bits per heavy atom. The van der Waals surface area contributed by atoms with Crippen LogP contribution in [-0.2, 0) is 9.53 Å². The van der Waals surface area contributed by atoms with E-state index in [-0.39, 0.29) is 12.5 Å². The van der Waals surface area contributed by atoms with E-state index in [9.17, 15) is 4.79 Å². The molecule has 1 amide bonds. The van der Waals surface area contributed by atoms with Gasteiger partial charge in [-0.15, -0.1) is 0 Å². The summed E-state index contributed by atoms with van der Waals surface area (Å²) in [5.74, 6) is -0.168.